The second kappa shape index (κ2) is 6.68. The van der Waals surface area contributed by atoms with Crippen LogP contribution < -0.4 is 10.9 Å². The van der Waals surface area contributed by atoms with Gasteiger partial charge in [0.2, 0.25) is 0 Å². The van der Waals surface area contributed by atoms with E-state index in [0.717, 1.165) is 11.1 Å². The molecule has 0 fully saturated rings. The fourth-order valence-electron chi connectivity index (χ4n) is 3.15. The van der Waals surface area contributed by atoms with Crippen molar-refractivity contribution in [2.45, 2.75) is 19.8 Å². The van der Waals surface area contributed by atoms with Gasteiger partial charge in [-0.05, 0) is 36.1 Å². The first-order valence-corrected chi connectivity index (χ1v) is 8.76. The van der Waals surface area contributed by atoms with Gasteiger partial charge < -0.3 is 10.3 Å². The first-order chi connectivity index (χ1) is 13.0. The topological polar surface area (TPSA) is 92.1 Å². The van der Waals surface area contributed by atoms with Crippen LogP contribution in [0.4, 0.5) is 0 Å². The standard InChI is InChI=1S/C20H19N5O2/c1-12-8-9-16-15(10-12)22-20(27)18-17(23-24-25(16)18)19(26)21-11-13(2)14-6-4-3-5-7-14/h3-10,13H,11H2,1-2H3,(H,21,26)(H,22,27)/t13-/m0/s1. The second-order valence-electron chi connectivity index (χ2n) is 6.69. The van der Waals surface area contributed by atoms with Crippen LogP contribution >= 0.6 is 0 Å². The number of aromatic amines is 1. The number of hydrogen-bond acceptors (Lipinski definition) is 4. The van der Waals surface area contributed by atoms with E-state index in [2.05, 4.69) is 20.6 Å². The Labute approximate surface area is 155 Å². The third-order valence-corrected chi connectivity index (χ3v) is 4.67. The normalized spacial score (nSPS) is 12.4. The van der Waals surface area contributed by atoms with Crippen molar-refractivity contribution in [3.63, 3.8) is 0 Å². The summed E-state index contributed by atoms with van der Waals surface area (Å²) in [6.45, 7) is 4.41. The lowest BCUT2D eigenvalue weighted by molar-refractivity contribution is 0.0948. The molecule has 0 saturated carbocycles. The molecule has 7 heteroatoms. The predicted molar refractivity (Wildman–Crippen MR) is 103 cm³/mol. The van der Waals surface area contributed by atoms with Crippen molar-refractivity contribution < 1.29 is 4.79 Å². The SMILES string of the molecule is Cc1ccc2c(c1)[nH]c(=O)c1c(C(=O)NC[C@H](C)c3ccccc3)nnn12. The van der Waals surface area contributed by atoms with Gasteiger partial charge in [-0.3, -0.25) is 9.59 Å². The third-order valence-electron chi connectivity index (χ3n) is 4.67. The molecule has 1 atom stereocenters. The molecule has 4 aromatic rings. The van der Waals surface area contributed by atoms with Gasteiger partial charge in [0.05, 0.1) is 11.0 Å². The number of fused-ring (bicyclic) bond motifs is 3. The molecular formula is C20H19N5O2. The fourth-order valence-corrected chi connectivity index (χ4v) is 3.15. The number of nitrogens with zero attached hydrogens (tertiary/aromatic N) is 3. The summed E-state index contributed by atoms with van der Waals surface area (Å²) >= 11 is 0. The Hall–Kier alpha value is -3.48. The molecule has 2 heterocycles. The van der Waals surface area contributed by atoms with Crippen LogP contribution in [0, 0.1) is 6.92 Å². The van der Waals surface area contributed by atoms with E-state index in [1.165, 1.54) is 4.52 Å². The molecule has 7 nitrogen and oxygen atoms in total. The first-order valence-electron chi connectivity index (χ1n) is 8.76. The summed E-state index contributed by atoms with van der Waals surface area (Å²) in [6, 6.07) is 15.5. The minimum Gasteiger partial charge on any atom is -0.350 e. The van der Waals surface area contributed by atoms with Crippen LogP contribution in [0.3, 0.4) is 0 Å². The number of aromatic nitrogens is 4. The smallest absolute Gasteiger partial charge is 0.277 e. The van der Waals surface area contributed by atoms with E-state index in [1.54, 1.807) is 0 Å². The molecule has 0 aliphatic heterocycles. The van der Waals surface area contributed by atoms with Crippen molar-refractivity contribution in [3.8, 4) is 0 Å². The molecule has 1 amide bonds. The van der Waals surface area contributed by atoms with Gasteiger partial charge in [0.1, 0.15) is 0 Å². The van der Waals surface area contributed by atoms with Crippen LogP contribution in [0.2, 0.25) is 0 Å². The minimum atomic E-state index is -0.412. The molecule has 2 aromatic carbocycles. The quantitative estimate of drug-likeness (QED) is 0.584. The monoisotopic (exact) mass is 361 g/mol. The molecular weight excluding hydrogens is 342 g/mol. The van der Waals surface area contributed by atoms with Crippen molar-refractivity contribution in [2.75, 3.05) is 6.54 Å². The number of carbonyl (C=O) groups is 1. The summed E-state index contributed by atoms with van der Waals surface area (Å²) in [7, 11) is 0. The van der Waals surface area contributed by atoms with Gasteiger partial charge in [-0.1, -0.05) is 48.5 Å². The summed E-state index contributed by atoms with van der Waals surface area (Å²) in [5.41, 5.74) is 3.28. The van der Waals surface area contributed by atoms with E-state index in [4.69, 9.17) is 0 Å². The highest BCUT2D eigenvalue weighted by molar-refractivity contribution is 5.99. The molecule has 0 bridgehead atoms. The van der Waals surface area contributed by atoms with Gasteiger partial charge in [-0.25, -0.2) is 4.52 Å². The van der Waals surface area contributed by atoms with Gasteiger partial charge in [0, 0.05) is 6.54 Å². The molecule has 2 N–H and O–H groups in total. The lowest BCUT2D eigenvalue weighted by Crippen LogP contribution is -2.29. The van der Waals surface area contributed by atoms with Gasteiger partial charge in [0.25, 0.3) is 11.5 Å². The molecule has 2 aromatic heterocycles. The summed E-state index contributed by atoms with van der Waals surface area (Å²) in [6.07, 6.45) is 0. The summed E-state index contributed by atoms with van der Waals surface area (Å²) in [4.78, 5) is 27.9. The molecule has 4 rings (SSSR count). The molecule has 0 aliphatic carbocycles. The second-order valence-corrected chi connectivity index (χ2v) is 6.69. The highest BCUT2D eigenvalue weighted by atomic mass is 16.2. The summed E-state index contributed by atoms with van der Waals surface area (Å²) < 4.78 is 1.42. The number of rotatable bonds is 4. The van der Waals surface area contributed by atoms with Crippen LogP contribution in [0.15, 0.2) is 53.3 Å². The third kappa shape index (κ3) is 3.08. The average molecular weight is 361 g/mol. The number of aryl methyl sites for hydroxylation is 1. The highest BCUT2D eigenvalue weighted by Crippen LogP contribution is 2.16. The van der Waals surface area contributed by atoms with E-state index in [1.807, 2.05) is 62.4 Å². The maximum absolute atomic E-state index is 12.6. The number of carbonyl (C=O) groups excluding carboxylic acids is 1. The van der Waals surface area contributed by atoms with E-state index in [9.17, 15) is 9.59 Å². The van der Waals surface area contributed by atoms with Gasteiger partial charge in [-0.2, -0.15) is 0 Å². The predicted octanol–water partition coefficient (Wildman–Crippen LogP) is 2.41. The summed E-state index contributed by atoms with van der Waals surface area (Å²) in [5.74, 6) is -0.274. The van der Waals surface area contributed by atoms with Gasteiger partial charge in [-0.15, -0.1) is 5.10 Å². The van der Waals surface area contributed by atoms with Gasteiger partial charge >= 0.3 is 0 Å². The molecule has 0 aliphatic rings. The first kappa shape index (κ1) is 17.0. The van der Waals surface area contributed by atoms with Crippen LogP contribution in [0.5, 0.6) is 0 Å². The van der Waals surface area contributed by atoms with E-state index in [-0.39, 0.29) is 22.7 Å². The Balaban J connectivity index is 1.65. The Kier molecular flexibility index (Phi) is 4.19. The van der Waals surface area contributed by atoms with Crippen LogP contribution in [0.25, 0.3) is 16.6 Å². The van der Waals surface area contributed by atoms with Crippen LogP contribution in [-0.2, 0) is 0 Å². The Morgan fingerprint density at radius 1 is 1.22 bits per heavy atom. The van der Waals surface area contributed by atoms with Crippen LogP contribution in [0.1, 0.15) is 34.5 Å². The molecule has 0 spiro atoms. The highest BCUT2D eigenvalue weighted by Gasteiger charge is 2.20. The molecule has 0 unspecified atom stereocenters. The van der Waals surface area contributed by atoms with Crippen molar-refractivity contribution in [2.24, 2.45) is 0 Å². The average Bonchev–Trinajstić information content (AvgIpc) is 3.12. The van der Waals surface area contributed by atoms with Crippen molar-refractivity contribution in [3.05, 3.63) is 75.7 Å². The number of benzene rings is 2. The number of H-pyrrole nitrogens is 1. The lowest BCUT2D eigenvalue weighted by Gasteiger charge is -2.12. The number of hydrogen-bond donors (Lipinski definition) is 2. The lowest BCUT2D eigenvalue weighted by atomic mass is 10.0. The Morgan fingerprint density at radius 3 is 2.78 bits per heavy atom. The van der Waals surface area contributed by atoms with E-state index >= 15 is 0 Å². The molecule has 136 valence electrons. The molecule has 0 radical (unpaired) electrons. The van der Waals surface area contributed by atoms with Crippen molar-refractivity contribution in [1.29, 1.82) is 0 Å². The van der Waals surface area contributed by atoms with Gasteiger partial charge in [0.15, 0.2) is 11.2 Å². The number of amides is 1. The zero-order valence-electron chi connectivity index (χ0n) is 15.1. The number of nitrogens with one attached hydrogen (secondary N) is 2. The maximum atomic E-state index is 12.6. The largest absolute Gasteiger partial charge is 0.350 e. The Morgan fingerprint density at radius 2 is 2.00 bits per heavy atom. The van der Waals surface area contributed by atoms with E-state index in [0.29, 0.717) is 17.6 Å². The maximum Gasteiger partial charge on any atom is 0.277 e. The molecule has 27 heavy (non-hydrogen) atoms. The minimum absolute atomic E-state index is 0.0268. The van der Waals surface area contributed by atoms with Crippen LogP contribution in [-0.4, -0.2) is 32.3 Å². The van der Waals surface area contributed by atoms with Crippen molar-refractivity contribution >= 4 is 22.5 Å². The zero-order chi connectivity index (χ0) is 19.0. The molecule has 0 saturated heterocycles. The van der Waals surface area contributed by atoms with Crippen molar-refractivity contribution in [1.82, 2.24) is 25.1 Å². The van der Waals surface area contributed by atoms with E-state index < -0.39 is 5.91 Å². The Bertz CT molecular complexity index is 1190. The zero-order valence-corrected chi connectivity index (χ0v) is 15.1. The fraction of sp³-hybridized carbons (Fsp3) is 0.200. The summed E-state index contributed by atoms with van der Waals surface area (Å²) in [5, 5.41) is 10.8.